The first-order valence-corrected chi connectivity index (χ1v) is 6.36. The van der Waals surface area contributed by atoms with Crippen LogP contribution in [0, 0.1) is 0 Å². The lowest BCUT2D eigenvalue weighted by atomic mass is 10.2. The summed E-state index contributed by atoms with van der Waals surface area (Å²) < 4.78 is 0. The highest BCUT2D eigenvalue weighted by molar-refractivity contribution is 5.03. The highest BCUT2D eigenvalue weighted by Crippen LogP contribution is 2.11. The normalized spacial score (nSPS) is 22.8. The van der Waals surface area contributed by atoms with Gasteiger partial charge in [-0.1, -0.05) is 6.07 Å². The number of hydrogen-bond donors (Lipinski definition) is 1. The number of piperazine rings is 1. The van der Waals surface area contributed by atoms with Gasteiger partial charge in [0.15, 0.2) is 0 Å². The minimum absolute atomic E-state index is 0.594. The van der Waals surface area contributed by atoms with Crippen LogP contribution in [0.2, 0.25) is 0 Å². The van der Waals surface area contributed by atoms with E-state index in [4.69, 9.17) is 5.73 Å². The molecule has 4 heteroatoms. The zero-order valence-corrected chi connectivity index (χ0v) is 10.5. The van der Waals surface area contributed by atoms with Crippen LogP contribution in [0.3, 0.4) is 0 Å². The van der Waals surface area contributed by atoms with E-state index < -0.39 is 0 Å². The van der Waals surface area contributed by atoms with Crippen LogP contribution in [0.25, 0.3) is 0 Å². The van der Waals surface area contributed by atoms with E-state index in [1.54, 1.807) is 0 Å². The number of nitrogens with two attached hydrogens (primary N) is 1. The minimum Gasteiger partial charge on any atom is -0.329 e. The molecule has 1 aromatic heterocycles. The Hall–Kier alpha value is -0.970. The molecule has 1 aliphatic rings. The van der Waals surface area contributed by atoms with Crippen LogP contribution in [0.1, 0.15) is 12.6 Å². The van der Waals surface area contributed by atoms with Crippen LogP contribution in [0.4, 0.5) is 0 Å². The summed E-state index contributed by atoms with van der Waals surface area (Å²) in [4.78, 5) is 9.32. The maximum Gasteiger partial charge on any atom is 0.0543 e. The van der Waals surface area contributed by atoms with Crippen LogP contribution >= 0.6 is 0 Å². The lowest BCUT2D eigenvalue weighted by Crippen LogP contribution is -2.52. The summed E-state index contributed by atoms with van der Waals surface area (Å²) >= 11 is 0. The Kier molecular flexibility index (Phi) is 4.48. The van der Waals surface area contributed by atoms with Crippen molar-refractivity contribution >= 4 is 0 Å². The van der Waals surface area contributed by atoms with Crippen molar-refractivity contribution in [3.05, 3.63) is 30.1 Å². The molecular formula is C13H22N4. The van der Waals surface area contributed by atoms with Crippen LogP contribution in [-0.4, -0.2) is 53.5 Å². The standard InChI is InChI=1S/C13H22N4/c1-12-10-16(8-9-17(12)7-5-14)11-13-4-2-3-6-15-13/h2-4,6,12H,5,7-11,14H2,1H3. The number of aromatic nitrogens is 1. The van der Waals surface area contributed by atoms with E-state index in [9.17, 15) is 0 Å². The smallest absolute Gasteiger partial charge is 0.0543 e. The van der Waals surface area contributed by atoms with Gasteiger partial charge < -0.3 is 5.73 Å². The van der Waals surface area contributed by atoms with Crippen molar-refractivity contribution in [3.8, 4) is 0 Å². The third-order valence-corrected chi connectivity index (χ3v) is 3.38. The van der Waals surface area contributed by atoms with Crippen molar-refractivity contribution in [3.63, 3.8) is 0 Å². The average Bonchev–Trinajstić information content (AvgIpc) is 2.34. The van der Waals surface area contributed by atoms with Crippen LogP contribution in [0.5, 0.6) is 0 Å². The van der Waals surface area contributed by atoms with E-state index in [-0.39, 0.29) is 0 Å². The topological polar surface area (TPSA) is 45.4 Å². The molecular weight excluding hydrogens is 212 g/mol. The molecule has 1 aliphatic heterocycles. The van der Waals surface area contributed by atoms with E-state index in [1.807, 2.05) is 12.3 Å². The zero-order valence-electron chi connectivity index (χ0n) is 10.5. The Balaban J connectivity index is 1.85. The lowest BCUT2D eigenvalue weighted by molar-refractivity contribution is 0.0807. The summed E-state index contributed by atoms with van der Waals surface area (Å²) in [7, 11) is 0. The second kappa shape index (κ2) is 6.10. The monoisotopic (exact) mass is 234 g/mol. The maximum atomic E-state index is 5.61. The number of hydrogen-bond acceptors (Lipinski definition) is 4. The van der Waals surface area contributed by atoms with Crippen molar-refractivity contribution < 1.29 is 0 Å². The highest BCUT2D eigenvalue weighted by atomic mass is 15.3. The predicted octanol–water partition coefficient (Wildman–Crippen LogP) is 0.546. The number of pyridine rings is 1. The lowest BCUT2D eigenvalue weighted by Gasteiger charge is -2.39. The summed E-state index contributed by atoms with van der Waals surface area (Å²) in [5.74, 6) is 0. The van der Waals surface area contributed by atoms with Gasteiger partial charge in [-0.15, -0.1) is 0 Å². The van der Waals surface area contributed by atoms with Gasteiger partial charge in [-0.3, -0.25) is 14.8 Å². The molecule has 0 radical (unpaired) electrons. The molecule has 1 unspecified atom stereocenters. The Morgan fingerprint density at radius 1 is 1.41 bits per heavy atom. The van der Waals surface area contributed by atoms with Crippen molar-refractivity contribution in [1.29, 1.82) is 0 Å². The molecule has 1 aromatic rings. The highest BCUT2D eigenvalue weighted by Gasteiger charge is 2.22. The fraction of sp³-hybridized carbons (Fsp3) is 0.615. The first kappa shape index (κ1) is 12.5. The Bertz CT molecular complexity index is 327. The Labute approximate surface area is 103 Å². The molecule has 1 fully saturated rings. The molecule has 2 heterocycles. The first-order chi connectivity index (χ1) is 8.29. The van der Waals surface area contributed by atoms with E-state index >= 15 is 0 Å². The molecule has 1 saturated heterocycles. The average molecular weight is 234 g/mol. The third kappa shape index (κ3) is 3.49. The second-order valence-corrected chi connectivity index (χ2v) is 4.73. The molecule has 94 valence electrons. The quantitative estimate of drug-likeness (QED) is 0.826. The molecule has 0 aromatic carbocycles. The minimum atomic E-state index is 0.594. The van der Waals surface area contributed by atoms with Gasteiger partial charge in [0.05, 0.1) is 5.69 Å². The summed E-state index contributed by atoms with van der Waals surface area (Å²) in [5.41, 5.74) is 6.77. The van der Waals surface area contributed by atoms with Gasteiger partial charge >= 0.3 is 0 Å². The summed E-state index contributed by atoms with van der Waals surface area (Å²) in [6.45, 7) is 8.34. The molecule has 0 spiro atoms. The Morgan fingerprint density at radius 2 is 2.29 bits per heavy atom. The number of rotatable bonds is 4. The molecule has 0 aliphatic carbocycles. The maximum absolute atomic E-state index is 5.61. The van der Waals surface area contributed by atoms with Crippen molar-refractivity contribution in [2.45, 2.75) is 19.5 Å². The first-order valence-electron chi connectivity index (χ1n) is 6.36. The van der Waals surface area contributed by atoms with Gasteiger partial charge in [0.2, 0.25) is 0 Å². The van der Waals surface area contributed by atoms with Crippen molar-refractivity contribution in [2.24, 2.45) is 5.73 Å². The molecule has 2 N–H and O–H groups in total. The van der Waals surface area contributed by atoms with Crippen LogP contribution in [-0.2, 0) is 6.54 Å². The molecule has 0 amide bonds. The fourth-order valence-corrected chi connectivity index (χ4v) is 2.43. The molecule has 2 rings (SSSR count). The van der Waals surface area contributed by atoms with Crippen LogP contribution in [0.15, 0.2) is 24.4 Å². The zero-order chi connectivity index (χ0) is 12.1. The Morgan fingerprint density at radius 3 is 2.94 bits per heavy atom. The largest absolute Gasteiger partial charge is 0.329 e. The second-order valence-electron chi connectivity index (χ2n) is 4.73. The van der Waals surface area contributed by atoms with Gasteiger partial charge in [0, 0.05) is 51.5 Å². The van der Waals surface area contributed by atoms with Crippen molar-refractivity contribution in [1.82, 2.24) is 14.8 Å². The van der Waals surface area contributed by atoms with Crippen LogP contribution < -0.4 is 5.73 Å². The van der Waals surface area contributed by atoms with Gasteiger partial charge in [-0.05, 0) is 19.1 Å². The summed E-state index contributed by atoms with van der Waals surface area (Å²) in [5, 5.41) is 0. The van der Waals surface area contributed by atoms with E-state index in [0.717, 1.165) is 45.0 Å². The predicted molar refractivity (Wildman–Crippen MR) is 69.6 cm³/mol. The third-order valence-electron chi connectivity index (χ3n) is 3.38. The van der Waals surface area contributed by atoms with E-state index in [0.29, 0.717) is 6.04 Å². The van der Waals surface area contributed by atoms with Gasteiger partial charge in [-0.2, -0.15) is 0 Å². The van der Waals surface area contributed by atoms with E-state index in [1.165, 1.54) is 0 Å². The van der Waals surface area contributed by atoms with E-state index in [2.05, 4.69) is 33.8 Å². The van der Waals surface area contributed by atoms with Gasteiger partial charge in [0.1, 0.15) is 0 Å². The number of nitrogens with zero attached hydrogens (tertiary/aromatic N) is 3. The van der Waals surface area contributed by atoms with Gasteiger partial charge in [-0.25, -0.2) is 0 Å². The molecule has 0 bridgehead atoms. The van der Waals surface area contributed by atoms with Crippen molar-refractivity contribution in [2.75, 3.05) is 32.7 Å². The summed E-state index contributed by atoms with van der Waals surface area (Å²) in [6, 6.07) is 6.70. The fourth-order valence-electron chi connectivity index (χ4n) is 2.43. The molecule has 0 saturated carbocycles. The summed E-state index contributed by atoms with van der Waals surface area (Å²) in [6.07, 6.45) is 1.86. The molecule has 17 heavy (non-hydrogen) atoms. The van der Waals surface area contributed by atoms with Gasteiger partial charge in [0.25, 0.3) is 0 Å². The molecule has 4 nitrogen and oxygen atoms in total. The SMILES string of the molecule is CC1CN(Cc2ccccn2)CCN1CCN. The molecule has 1 atom stereocenters.